The van der Waals surface area contributed by atoms with E-state index in [4.69, 9.17) is 14.5 Å². The summed E-state index contributed by atoms with van der Waals surface area (Å²) in [6.07, 6.45) is 0.899. The molecule has 0 radical (unpaired) electrons. The van der Waals surface area contributed by atoms with Crippen LogP contribution >= 0.6 is 0 Å². The Morgan fingerprint density at radius 2 is 2.13 bits per heavy atom. The van der Waals surface area contributed by atoms with E-state index in [1.54, 1.807) is 16.7 Å². The second-order valence-corrected chi connectivity index (χ2v) is 7.46. The quantitative estimate of drug-likeness (QED) is 0.537. The highest BCUT2D eigenvalue weighted by Crippen LogP contribution is 2.30. The summed E-state index contributed by atoms with van der Waals surface area (Å²) in [4.78, 5) is 20.8. The number of alkyl halides is 3. The summed E-state index contributed by atoms with van der Waals surface area (Å²) in [5.74, 6) is 0.212. The van der Waals surface area contributed by atoms with Crippen molar-refractivity contribution in [1.29, 1.82) is 0 Å². The summed E-state index contributed by atoms with van der Waals surface area (Å²) in [5, 5.41) is 0. The van der Waals surface area contributed by atoms with Gasteiger partial charge in [0, 0.05) is 31.3 Å². The van der Waals surface area contributed by atoms with Crippen LogP contribution in [-0.4, -0.2) is 40.0 Å². The molecule has 0 amide bonds. The van der Waals surface area contributed by atoms with E-state index in [1.165, 1.54) is 12.1 Å². The monoisotopic (exact) mass is 433 g/mol. The first-order chi connectivity index (χ1) is 14.8. The average molecular weight is 433 g/mol. The van der Waals surface area contributed by atoms with Crippen LogP contribution in [0.5, 0.6) is 5.75 Å². The van der Waals surface area contributed by atoms with E-state index in [0.29, 0.717) is 30.2 Å². The van der Waals surface area contributed by atoms with Crippen molar-refractivity contribution in [2.24, 2.45) is 0 Å². The zero-order valence-electron chi connectivity index (χ0n) is 17.0. The van der Waals surface area contributed by atoms with Crippen LogP contribution < -0.4 is 4.74 Å². The van der Waals surface area contributed by atoms with Gasteiger partial charge >= 0.3 is 6.18 Å². The van der Waals surface area contributed by atoms with Gasteiger partial charge in [0.15, 0.2) is 17.2 Å². The highest BCUT2D eigenvalue weighted by molar-refractivity contribution is 5.95. The molecule has 1 unspecified atom stereocenters. The number of pyridine rings is 2. The maximum atomic E-state index is 12.9. The first-order valence-corrected chi connectivity index (χ1v) is 10.1. The molecule has 0 spiro atoms. The third-order valence-electron chi connectivity index (χ3n) is 5.16. The van der Waals surface area contributed by atoms with E-state index < -0.39 is 17.7 Å². The first kappa shape index (κ1) is 21.3. The summed E-state index contributed by atoms with van der Waals surface area (Å²) in [7, 11) is 0. The van der Waals surface area contributed by atoms with Gasteiger partial charge in [-0.15, -0.1) is 0 Å². The van der Waals surface area contributed by atoms with Crippen LogP contribution in [0.2, 0.25) is 0 Å². The number of rotatable bonds is 6. The van der Waals surface area contributed by atoms with Crippen molar-refractivity contribution in [1.82, 2.24) is 14.4 Å². The summed E-state index contributed by atoms with van der Waals surface area (Å²) in [6, 6.07) is 5.03. The fraction of sp³-hybridized carbons (Fsp3) is 0.409. The molecule has 1 aliphatic heterocycles. The van der Waals surface area contributed by atoms with Crippen molar-refractivity contribution in [3.05, 3.63) is 59.3 Å². The van der Waals surface area contributed by atoms with Crippen molar-refractivity contribution in [3.63, 3.8) is 0 Å². The fourth-order valence-corrected chi connectivity index (χ4v) is 3.70. The molecule has 1 saturated heterocycles. The SMILES string of the molecule is CCOc1cc(CC(=O)c2cccc(C(F)(F)F)n2)cn2cc(C3CCCOC3)nc12. The van der Waals surface area contributed by atoms with E-state index >= 15 is 0 Å². The Bertz CT molecular complexity index is 1090. The number of ketones is 1. The molecule has 6 nitrogen and oxygen atoms in total. The molecule has 164 valence electrons. The first-order valence-electron chi connectivity index (χ1n) is 10.1. The molecule has 3 aromatic rings. The maximum Gasteiger partial charge on any atom is 0.433 e. The molecular formula is C22H22F3N3O3. The van der Waals surface area contributed by atoms with E-state index in [-0.39, 0.29) is 18.0 Å². The van der Waals surface area contributed by atoms with Gasteiger partial charge in [-0.05, 0) is 43.5 Å². The van der Waals surface area contributed by atoms with Crippen LogP contribution in [0.15, 0.2) is 36.7 Å². The number of Topliss-reactive ketones (excluding diaryl/α,β-unsaturated/α-hetero) is 1. The minimum absolute atomic E-state index is 0.107. The molecule has 31 heavy (non-hydrogen) atoms. The highest BCUT2D eigenvalue weighted by Gasteiger charge is 2.33. The summed E-state index contributed by atoms with van der Waals surface area (Å²) in [5.41, 5.74) is 0.819. The van der Waals surface area contributed by atoms with E-state index in [2.05, 4.69) is 4.98 Å². The van der Waals surface area contributed by atoms with Crippen LogP contribution in [0.3, 0.4) is 0 Å². The van der Waals surface area contributed by atoms with Crippen molar-refractivity contribution in [2.75, 3.05) is 19.8 Å². The van der Waals surface area contributed by atoms with Gasteiger partial charge in [0.2, 0.25) is 0 Å². The van der Waals surface area contributed by atoms with Crippen molar-refractivity contribution in [3.8, 4) is 5.75 Å². The van der Waals surface area contributed by atoms with Gasteiger partial charge in [0.25, 0.3) is 0 Å². The number of hydrogen-bond donors (Lipinski definition) is 0. The largest absolute Gasteiger partial charge is 0.490 e. The predicted octanol–water partition coefficient (Wildman–Crippen LogP) is 4.47. The van der Waals surface area contributed by atoms with Gasteiger partial charge in [-0.25, -0.2) is 9.97 Å². The molecule has 0 bridgehead atoms. The average Bonchev–Trinajstić information content (AvgIpc) is 3.18. The summed E-state index contributed by atoms with van der Waals surface area (Å²) < 4.78 is 51.8. The van der Waals surface area contributed by atoms with Crippen LogP contribution in [0, 0.1) is 0 Å². The van der Waals surface area contributed by atoms with E-state index in [9.17, 15) is 18.0 Å². The molecule has 1 atom stereocenters. The van der Waals surface area contributed by atoms with Crippen LogP contribution in [0.4, 0.5) is 13.2 Å². The number of aromatic nitrogens is 3. The summed E-state index contributed by atoms with van der Waals surface area (Å²) >= 11 is 0. The molecule has 0 N–H and O–H groups in total. The lowest BCUT2D eigenvalue weighted by Crippen LogP contribution is -2.15. The van der Waals surface area contributed by atoms with Crippen molar-refractivity contribution >= 4 is 11.4 Å². The Morgan fingerprint density at radius 1 is 1.29 bits per heavy atom. The topological polar surface area (TPSA) is 65.7 Å². The molecule has 9 heteroatoms. The summed E-state index contributed by atoms with van der Waals surface area (Å²) in [6.45, 7) is 3.63. The Morgan fingerprint density at radius 3 is 2.84 bits per heavy atom. The molecular weight excluding hydrogens is 411 g/mol. The van der Waals surface area contributed by atoms with Gasteiger partial charge in [-0.1, -0.05) is 6.07 Å². The number of ether oxygens (including phenoxy) is 2. The fourth-order valence-electron chi connectivity index (χ4n) is 3.70. The smallest absolute Gasteiger partial charge is 0.433 e. The number of carbonyl (C=O) groups is 1. The Balaban J connectivity index is 1.63. The minimum Gasteiger partial charge on any atom is -0.490 e. The number of imidazole rings is 1. The van der Waals surface area contributed by atoms with Gasteiger partial charge in [-0.3, -0.25) is 4.79 Å². The Kier molecular flexibility index (Phi) is 5.95. The van der Waals surface area contributed by atoms with E-state index in [1.807, 2.05) is 13.1 Å². The lowest BCUT2D eigenvalue weighted by atomic mass is 9.99. The lowest BCUT2D eigenvalue weighted by molar-refractivity contribution is -0.141. The number of nitrogens with zero attached hydrogens (tertiary/aromatic N) is 3. The zero-order valence-corrected chi connectivity index (χ0v) is 17.0. The van der Waals surface area contributed by atoms with Crippen LogP contribution in [0.25, 0.3) is 5.65 Å². The molecule has 1 aliphatic rings. The van der Waals surface area contributed by atoms with E-state index in [0.717, 1.165) is 31.2 Å². The standard InChI is InChI=1S/C22H22F3N3O3/c1-2-31-19-10-14(9-18(29)16-6-3-7-20(26-16)22(23,24)25)11-28-12-17(27-21(19)28)15-5-4-8-30-13-15/h3,6-7,10-12,15H,2,4-5,8-9,13H2,1H3. The number of hydrogen-bond acceptors (Lipinski definition) is 5. The molecule has 0 aromatic carbocycles. The lowest BCUT2D eigenvalue weighted by Gasteiger charge is -2.19. The van der Waals surface area contributed by atoms with Gasteiger partial charge in [0.1, 0.15) is 11.4 Å². The Hall–Kier alpha value is -2.94. The molecule has 4 heterocycles. The van der Waals surface area contributed by atoms with Crippen LogP contribution in [0.1, 0.15) is 53.1 Å². The molecule has 0 aliphatic carbocycles. The molecule has 1 fully saturated rings. The third kappa shape index (κ3) is 4.71. The predicted molar refractivity (Wildman–Crippen MR) is 106 cm³/mol. The molecule has 3 aromatic heterocycles. The van der Waals surface area contributed by atoms with Gasteiger partial charge < -0.3 is 13.9 Å². The second kappa shape index (κ2) is 8.66. The number of carbonyl (C=O) groups excluding carboxylic acids is 1. The third-order valence-corrected chi connectivity index (χ3v) is 5.16. The van der Waals surface area contributed by atoms with Crippen LogP contribution in [-0.2, 0) is 17.3 Å². The molecule has 4 rings (SSSR count). The Labute approximate surface area is 177 Å². The van der Waals surface area contributed by atoms with Gasteiger partial charge in [0.05, 0.1) is 18.9 Å². The highest BCUT2D eigenvalue weighted by atomic mass is 19.4. The van der Waals surface area contributed by atoms with Crippen molar-refractivity contribution in [2.45, 2.75) is 38.3 Å². The molecule has 0 saturated carbocycles. The minimum atomic E-state index is -4.60. The van der Waals surface area contributed by atoms with Gasteiger partial charge in [-0.2, -0.15) is 13.2 Å². The zero-order chi connectivity index (χ0) is 22.0. The number of halogens is 3. The van der Waals surface area contributed by atoms with Crippen molar-refractivity contribution < 1.29 is 27.4 Å². The normalized spacial score (nSPS) is 17.1. The second-order valence-electron chi connectivity index (χ2n) is 7.46. The number of fused-ring (bicyclic) bond motifs is 1. The maximum absolute atomic E-state index is 12.9.